The van der Waals surface area contributed by atoms with Crippen LogP contribution in [0.4, 0.5) is 0 Å². The van der Waals surface area contributed by atoms with Crippen LogP contribution in [0.5, 0.6) is 0 Å². The normalized spacial score (nSPS) is 23.8. The lowest BCUT2D eigenvalue weighted by Gasteiger charge is -2.33. The Hall–Kier alpha value is -1.10. The Bertz CT molecular complexity index is 340. The molecule has 108 valence electrons. The van der Waals surface area contributed by atoms with E-state index in [9.17, 15) is 9.59 Å². The molecule has 2 N–H and O–H groups in total. The maximum Gasteiger partial charge on any atom is 0.239 e. The van der Waals surface area contributed by atoms with E-state index < -0.39 is 0 Å². The standard InChI is InChI=1S/C14H25N3O2/c1-10(2)16-12-4-3-8-17(14(12)19)9-7-15-13(18)11-5-6-11/h10-12,16H,3-9H2,1-2H3,(H,15,18). The smallest absolute Gasteiger partial charge is 0.239 e. The van der Waals surface area contributed by atoms with Crippen LogP contribution in [-0.2, 0) is 9.59 Å². The van der Waals surface area contributed by atoms with Gasteiger partial charge in [0.05, 0.1) is 6.04 Å². The minimum Gasteiger partial charge on any atom is -0.354 e. The van der Waals surface area contributed by atoms with Gasteiger partial charge in [-0.3, -0.25) is 9.59 Å². The third-order valence-corrected chi connectivity index (χ3v) is 3.69. The molecule has 1 atom stereocenters. The quantitative estimate of drug-likeness (QED) is 0.737. The van der Waals surface area contributed by atoms with Crippen molar-refractivity contribution in [1.82, 2.24) is 15.5 Å². The van der Waals surface area contributed by atoms with E-state index in [1.54, 1.807) is 0 Å². The second-order valence-electron chi connectivity index (χ2n) is 5.91. The molecule has 19 heavy (non-hydrogen) atoms. The van der Waals surface area contributed by atoms with E-state index in [4.69, 9.17) is 0 Å². The highest BCUT2D eigenvalue weighted by Gasteiger charge is 2.30. The molecule has 1 aliphatic heterocycles. The first-order valence-electron chi connectivity index (χ1n) is 7.40. The number of nitrogens with zero attached hydrogens (tertiary/aromatic N) is 1. The molecule has 0 aromatic heterocycles. The third kappa shape index (κ3) is 4.20. The first-order chi connectivity index (χ1) is 9.08. The van der Waals surface area contributed by atoms with E-state index >= 15 is 0 Å². The van der Waals surface area contributed by atoms with Crippen LogP contribution >= 0.6 is 0 Å². The minimum atomic E-state index is -0.0483. The molecule has 0 bridgehead atoms. The summed E-state index contributed by atoms with van der Waals surface area (Å²) in [6.07, 6.45) is 4.00. The fourth-order valence-corrected chi connectivity index (χ4v) is 2.52. The van der Waals surface area contributed by atoms with Crippen molar-refractivity contribution < 1.29 is 9.59 Å². The zero-order chi connectivity index (χ0) is 13.8. The van der Waals surface area contributed by atoms with E-state index in [0.29, 0.717) is 19.1 Å². The van der Waals surface area contributed by atoms with Gasteiger partial charge in [-0.1, -0.05) is 13.8 Å². The van der Waals surface area contributed by atoms with Crippen molar-refractivity contribution in [3.05, 3.63) is 0 Å². The molecule has 5 nitrogen and oxygen atoms in total. The molecule has 2 amide bonds. The summed E-state index contributed by atoms with van der Waals surface area (Å²) in [6, 6.07) is 0.274. The van der Waals surface area contributed by atoms with Gasteiger partial charge in [0.25, 0.3) is 0 Å². The largest absolute Gasteiger partial charge is 0.354 e. The van der Waals surface area contributed by atoms with Crippen LogP contribution in [0.25, 0.3) is 0 Å². The van der Waals surface area contributed by atoms with Crippen LogP contribution in [0.3, 0.4) is 0 Å². The summed E-state index contributed by atoms with van der Waals surface area (Å²) < 4.78 is 0. The summed E-state index contributed by atoms with van der Waals surface area (Å²) in [7, 11) is 0. The number of carbonyl (C=O) groups is 2. The molecule has 1 saturated carbocycles. The predicted octanol–water partition coefficient (Wildman–Crippen LogP) is 0.502. The van der Waals surface area contributed by atoms with Gasteiger partial charge in [0.15, 0.2) is 0 Å². The van der Waals surface area contributed by atoms with Gasteiger partial charge in [-0.25, -0.2) is 0 Å². The first kappa shape index (κ1) is 14.3. The Morgan fingerprint density at radius 2 is 2.11 bits per heavy atom. The van der Waals surface area contributed by atoms with Gasteiger partial charge < -0.3 is 15.5 Å². The number of hydrogen-bond donors (Lipinski definition) is 2. The molecule has 0 aromatic rings. The van der Waals surface area contributed by atoms with Crippen LogP contribution in [0.1, 0.15) is 39.5 Å². The number of carbonyl (C=O) groups excluding carboxylic acids is 2. The number of likely N-dealkylation sites (tertiary alicyclic amines) is 1. The van der Waals surface area contributed by atoms with Crippen LogP contribution in [-0.4, -0.2) is 48.4 Å². The van der Waals surface area contributed by atoms with E-state index in [1.807, 2.05) is 4.90 Å². The molecule has 0 radical (unpaired) electrons. The number of amides is 2. The van der Waals surface area contributed by atoms with Gasteiger partial charge in [-0.15, -0.1) is 0 Å². The van der Waals surface area contributed by atoms with Crippen molar-refractivity contribution in [1.29, 1.82) is 0 Å². The summed E-state index contributed by atoms with van der Waals surface area (Å²) in [5.41, 5.74) is 0. The molecule has 5 heteroatoms. The van der Waals surface area contributed by atoms with Crippen molar-refractivity contribution in [3.8, 4) is 0 Å². The Balaban J connectivity index is 1.72. The average Bonchev–Trinajstić information content (AvgIpc) is 3.17. The summed E-state index contributed by atoms with van der Waals surface area (Å²) in [5, 5.41) is 6.23. The zero-order valence-corrected chi connectivity index (χ0v) is 11.9. The Labute approximate surface area is 115 Å². The van der Waals surface area contributed by atoms with Gasteiger partial charge in [-0.2, -0.15) is 0 Å². The first-order valence-corrected chi connectivity index (χ1v) is 7.40. The molecule has 1 heterocycles. The lowest BCUT2D eigenvalue weighted by atomic mass is 10.0. The van der Waals surface area contributed by atoms with Crippen LogP contribution in [0.2, 0.25) is 0 Å². The molecule has 1 aliphatic carbocycles. The lowest BCUT2D eigenvalue weighted by Crippen LogP contribution is -2.53. The van der Waals surface area contributed by atoms with Gasteiger partial charge in [0, 0.05) is 31.6 Å². The number of rotatable bonds is 6. The highest BCUT2D eigenvalue weighted by molar-refractivity contribution is 5.83. The second-order valence-corrected chi connectivity index (χ2v) is 5.91. The molecule has 1 unspecified atom stereocenters. The highest BCUT2D eigenvalue weighted by Crippen LogP contribution is 2.28. The van der Waals surface area contributed by atoms with Crippen molar-refractivity contribution in [2.45, 2.75) is 51.6 Å². The molecule has 0 spiro atoms. The summed E-state index contributed by atoms with van der Waals surface area (Å²) in [4.78, 5) is 25.6. The Morgan fingerprint density at radius 3 is 2.74 bits per heavy atom. The van der Waals surface area contributed by atoms with Crippen LogP contribution < -0.4 is 10.6 Å². The molecule has 2 fully saturated rings. The van der Waals surface area contributed by atoms with E-state index in [2.05, 4.69) is 24.5 Å². The van der Waals surface area contributed by atoms with Crippen molar-refractivity contribution in [3.63, 3.8) is 0 Å². The highest BCUT2D eigenvalue weighted by atomic mass is 16.2. The monoisotopic (exact) mass is 267 g/mol. The SMILES string of the molecule is CC(C)NC1CCCN(CCNC(=O)C2CC2)C1=O. The number of piperidine rings is 1. The van der Waals surface area contributed by atoms with E-state index in [-0.39, 0.29) is 23.8 Å². The lowest BCUT2D eigenvalue weighted by molar-refractivity contribution is -0.136. The topological polar surface area (TPSA) is 61.4 Å². The summed E-state index contributed by atoms with van der Waals surface area (Å²) >= 11 is 0. The van der Waals surface area contributed by atoms with Crippen molar-refractivity contribution in [2.24, 2.45) is 5.92 Å². The molecule has 2 aliphatic rings. The van der Waals surface area contributed by atoms with Crippen molar-refractivity contribution >= 4 is 11.8 Å². The fraction of sp³-hybridized carbons (Fsp3) is 0.857. The predicted molar refractivity (Wildman–Crippen MR) is 73.6 cm³/mol. The summed E-state index contributed by atoms with van der Waals surface area (Å²) in [6.45, 7) is 6.14. The van der Waals surface area contributed by atoms with E-state index in [0.717, 1.165) is 32.2 Å². The maximum absolute atomic E-state index is 12.2. The maximum atomic E-state index is 12.2. The van der Waals surface area contributed by atoms with Crippen molar-refractivity contribution in [2.75, 3.05) is 19.6 Å². The van der Waals surface area contributed by atoms with Gasteiger partial charge in [-0.05, 0) is 25.7 Å². The number of nitrogens with one attached hydrogen (secondary N) is 2. The Kier molecular flexibility index (Phi) is 4.80. The number of hydrogen-bond acceptors (Lipinski definition) is 3. The minimum absolute atomic E-state index is 0.0483. The van der Waals surface area contributed by atoms with Gasteiger partial charge in [0.2, 0.25) is 11.8 Å². The van der Waals surface area contributed by atoms with Gasteiger partial charge in [0.1, 0.15) is 0 Å². The average molecular weight is 267 g/mol. The molecular weight excluding hydrogens is 242 g/mol. The van der Waals surface area contributed by atoms with Crippen LogP contribution in [0.15, 0.2) is 0 Å². The molecule has 2 rings (SSSR count). The third-order valence-electron chi connectivity index (χ3n) is 3.69. The Morgan fingerprint density at radius 1 is 1.37 bits per heavy atom. The van der Waals surface area contributed by atoms with Crippen LogP contribution in [0, 0.1) is 5.92 Å². The second kappa shape index (κ2) is 6.37. The molecule has 0 aromatic carbocycles. The fourth-order valence-electron chi connectivity index (χ4n) is 2.52. The molecular formula is C14H25N3O2. The summed E-state index contributed by atoms with van der Waals surface area (Å²) in [5.74, 6) is 0.578. The zero-order valence-electron chi connectivity index (χ0n) is 11.9. The van der Waals surface area contributed by atoms with Gasteiger partial charge >= 0.3 is 0 Å². The molecule has 1 saturated heterocycles. The van der Waals surface area contributed by atoms with E-state index in [1.165, 1.54) is 0 Å².